The van der Waals surface area contributed by atoms with Crippen LogP contribution in [0, 0.1) is 0 Å². The SMILES string of the molecule is CC(C)(C)OC(=O)N[C@H]1COC(=O)C[C@@H]1c1c[nH]c2ccccc12. The number of esters is 1. The van der Waals surface area contributed by atoms with Crippen LogP contribution < -0.4 is 5.32 Å². The summed E-state index contributed by atoms with van der Waals surface area (Å²) in [7, 11) is 0. The summed E-state index contributed by atoms with van der Waals surface area (Å²) in [6, 6.07) is 7.57. The number of nitrogens with one attached hydrogen (secondary N) is 2. The summed E-state index contributed by atoms with van der Waals surface area (Å²) >= 11 is 0. The molecule has 0 bridgehead atoms. The number of cyclic esters (lactones) is 1. The van der Waals surface area contributed by atoms with Gasteiger partial charge in [0.25, 0.3) is 0 Å². The fraction of sp³-hybridized carbons (Fsp3) is 0.444. The minimum Gasteiger partial charge on any atom is -0.463 e. The van der Waals surface area contributed by atoms with Crippen LogP contribution in [0.1, 0.15) is 38.7 Å². The summed E-state index contributed by atoms with van der Waals surface area (Å²) in [6.07, 6.45) is 1.62. The fourth-order valence-electron chi connectivity index (χ4n) is 3.01. The Labute approximate surface area is 140 Å². The Bertz CT molecular complexity index is 760. The average molecular weight is 330 g/mol. The molecule has 0 saturated carbocycles. The lowest BCUT2D eigenvalue weighted by molar-refractivity contribution is -0.149. The first kappa shape index (κ1) is 16.4. The Morgan fingerprint density at radius 3 is 2.83 bits per heavy atom. The van der Waals surface area contributed by atoms with Gasteiger partial charge in [-0.2, -0.15) is 0 Å². The number of aromatic amines is 1. The summed E-state index contributed by atoms with van der Waals surface area (Å²) in [5, 5.41) is 3.90. The number of fused-ring (bicyclic) bond motifs is 1. The zero-order valence-electron chi connectivity index (χ0n) is 14.1. The topological polar surface area (TPSA) is 80.4 Å². The molecular weight excluding hydrogens is 308 g/mol. The van der Waals surface area contributed by atoms with E-state index in [0.717, 1.165) is 16.5 Å². The van der Waals surface area contributed by atoms with Crippen molar-refractivity contribution in [3.8, 4) is 0 Å². The molecule has 2 heterocycles. The van der Waals surface area contributed by atoms with Gasteiger partial charge in [0, 0.05) is 23.0 Å². The quantitative estimate of drug-likeness (QED) is 0.829. The van der Waals surface area contributed by atoms with Crippen molar-refractivity contribution in [1.29, 1.82) is 0 Å². The van der Waals surface area contributed by atoms with Gasteiger partial charge in [0.2, 0.25) is 0 Å². The third kappa shape index (κ3) is 3.53. The molecule has 0 aliphatic carbocycles. The van der Waals surface area contributed by atoms with Gasteiger partial charge in [-0.1, -0.05) is 18.2 Å². The van der Waals surface area contributed by atoms with Gasteiger partial charge >= 0.3 is 12.1 Å². The standard InChI is InChI=1S/C18H22N2O4/c1-18(2,3)24-17(22)20-15-10-23-16(21)8-12(15)13-9-19-14-7-5-4-6-11(13)14/h4-7,9,12,15,19H,8,10H2,1-3H3,(H,20,22)/t12-,15+/m1/s1. The van der Waals surface area contributed by atoms with E-state index >= 15 is 0 Å². The van der Waals surface area contributed by atoms with E-state index in [4.69, 9.17) is 9.47 Å². The lowest BCUT2D eigenvalue weighted by Crippen LogP contribution is -2.48. The number of carbonyl (C=O) groups excluding carboxylic acids is 2. The van der Waals surface area contributed by atoms with Gasteiger partial charge in [0.05, 0.1) is 12.5 Å². The second-order valence-electron chi connectivity index (χ2n) is 7.04. The van der Waals surface area contributed by atoms with E-state index in [1.54, 1.807) is 0 Å². The van der Waals surface area contributed by atoms with Crippen molar-refractivity contribution in [2.24, 2.45) is 0 Å². The molecule has 1 amide bonds. The van der Waals surface area contributed by atoms with Gasteiger partial charge in [-0.05, 0) is 32.4 Å². The number of H-pyrrole nitrogens is 1. The van der Waals surface area contributed by atoms with Gasteiger partial charge in [0.15, 0.2) is 0 Å². The van der Waals surface area contributed by atoms with E-state index in [1.165, 1.54) is 0 Å². The Kier molecular flexibility index (Phi) is 4.22. The number of rotatable bonds is 2. The molecule has 1 fully saturated rings. The van der Waals surface area contributed by atoms with Crippen molar-refractivity contribution in [3.63, 3.8) is 0 Å². The zero-order chi connectivity index (χ0) is 17.3. The highest BCUT2D eigenvalue weighted by molar-refractivity contribution is 5.85. The number of carbonyl (C=O) groups is 2. The molecule has 2 atom stereocenters. The average Bonchev–Trinajstić information content (AvgIpc) is 2.91. The molecule has 6 heteroatoms. The molecule has 128 valence electrons. The Hall–Kier alpha value is -2.50. The number of benzene rings is 1. The van der Waals surface area contributed by atoms with Gasteiger partial charge in [0.1, 0.15) is 12.2 Å². The molecule has 1 aliphatic rings. The van der Waals surface area contributed by atoms with E-state index in [0.29, 0.717) is 0 Å². The number of hydrogen-bond donors (Lipinski definition) is 2. The zero-order valence-corrected chi connectivity index (χ0v) is 14.1. The Morgan fingerprint density at radius 1 is 1.33 bits per heavy atom. The normalized spacial score (nSPS) is 21.4. The fourth-order valence-corrected chi connectivity index (χ4v) is 3.01. The smallest absolute Gasteiger partial charge is 0.408 e. The van der Waals surface area contributed by atoms with Crippen LogP contribution >= 0.6 is 0 Å². The number of amides is 1. The summed E-state index contributed by atoms with van der Waals surface area (Å²) in [5.41, 5.74) is 1.43. The summed E-state index contributed by atoms with van der Waals surface area (Å²) in [5.74, 6) is -0.414. The van der Waals surface area contributed by atoms with Gasteiger partial charge in [-0.15, -0.1) is 0 Å². The second kappa shape index (κ2) is 6.19. The van der Waals surface area contributed by atoms with Crippen molar-refractivity contribution >= 4 is 23.0 Å². The molecule has 2 aromatic rings. The highest BCUT2D eigenvalue weighted by Crippen LogP contribution is 2.33. The Balaban J connectivity index is 1.85. The summed E-state index contributed by atoms with van der Waals surface area (Å²) < 4.78 is 10.5. The minimum atomic E-state index is -0.578. The summed E-state index contributed by atoms with van der Waals surface area (Å²) in [6.45, 7) is 5.57. The highest BCUT2D eigenvalue weighted by Gasteiger charge is 2.35. The molecule has 1 saturated heterocycles. The van der Waals surface area contributed by atoms with E-state index in [2.05, 4.69) is 10.3 Å². The first-order valence-corrected chi connectivity index (χ1v) is 8.04. The monoisotopic (exact) mass is 330 g/mol. The molecular formula is C18H22N2O4. The van der Waals surface area contributed by atoms with Crippen LogP contribution in [0.25, 0.3) is 10.9 Å². The first-order chi connectivity index (χ1) is 11.3. The largest absolute Gasteiger partial charge is 0.463 e. The Morgan fingerprint density at radius 2 is 2.08 bits per heavy atom. The molecule has 1 aromatic heterocycles. The van der Waals surface area contributed by atoms with E-state index in [-0.39, 0.29) is 31.0 Å². The summed E-state index contributed by atoms with van der Waals surface area (Å²) in [4.78, 5) is 27.1. The second-order valence-corrected chi connectivity index (χ2v) is 7.04. The van der Waals surface area contributed by atoms with Crippen LogP contribution in [0.4, 0.5) is 4.79 Å². The first-order valence-electron chi connectivity index (χ1n) is 8.04. The van der Waals surface area contributed by atoms with Crippen LogP contribution in [0.15, 0.2) is 30.5 Å². The molecule has 1 aromatic carbocycles. The highest BCUT2D eigenvalue weighted by atomic mass is 16.6. The molecule has 24 heavy (non-hydrogen) atoms. The van der Waals surface area contributed by atoms with Crippen molar-refractivity contribution in [1.82, 2.24) is 10.3 Å². The molecule has 6 nitrogen and oxygen atoms in total. The maximum Gasteiger partial charge on any atom is 0.408 e. The van der Waals surface area contributed by atoms with Crippen molar-refractivity contribution in [3.05, 3.63) is 36.0 Å². The van der Waals surface area contributed by atoms with Crippen LogP contribution in [-0.4, -0.2) is 35.3 Å². The van der Waals surface area contributed by atoms with Crippen LogP contribution in [0.2, 0.25) is 0 Å². The van der Waals surface area contributed by atoms with Gasteiger partial charge in [-0.25, -0.2) is 4.79 Å². The maximum atomic E-state index is 12.1. The molecule has 0 unspecified atom stereocenters. The molecule has 3 rings (SSSR count). The number of alkyl carbamates (subject to hydrolysis) is 1. The minimum absolute atomic E-state index is 0.141. The van der Waals surface area contributed by atoms with Crippen molar-refractivity contribution < 1.29 is 19.1 Å². The van der Waals surface area contributed by atoms with Crippen molar-refractivity contribution in [2.45, 2.75) is 44.8 Å². The number of aromatic nitrogens is 1. The van der Waals surface area contributed by atoms with Crippen molar-refractivity contribution in [2.75, 3.05) is 6.61 Å². The molecule has 0 radical (unpaired) electrons. The number of hydrogen-bond acceptors (Lipinski definition) is 4. The molecule has 2 N–H and O–H groups in total. The maximum absolute atomic E-state index is 12.1. The van der Waals surface area contributed by atoms with Gasteiger partial charge < -0.3 is 19.8 Å². The number of ether oxygens (including phenoxy) is 2. The third-order valence-electron chi connectivity index (χ3n) is 4.02. The lowest BCUT2D eigenvalue weighted by atomic mass is 9.87. The predicted molar refractivity (Wildman–Crippen MR) is 89.8 cm³/mol. The number of para-hydroxylation sites is 1. The van der Waals surface area contributed by atoms with Crippen LogP contribution in [0.3, 0.4) is 0 Å². The molecule has 0 spiro atoms. The third-order valence-corrected chi connectivity index (χ3v) is 4.02. The van der Waals surface area contributed by atoms with E-state index < -0.39 is 11.7 Å². The van der Waals surface area contributed by atoms with E-state index in [1.807, 2.05) is 51.2 Å². The molecule has 1 aliphatic heterocycles. The van der Waals surface area contributed by atoms with Crippen LogP contribution in [0.5, 0.6) is 0 Å². The lowest BCUT2D eigenvalue weighted by Gasteiger charge is -2.32. The van der Waals surface area contributed by atoms with Crippen LogP contribution in [-0.2, 0) is 14.3 Å². The van der Waals surface area contributed by atoms with E-state index in [9.17, 15) is 9.59 Å². The predicted octanol–water partition coefficient (Wildman–Crippen LogP) is 3.09. The van der Waals surface area contributed by atoms with Gasteiger partial charge in [-0.3, -0.25) is 4.79 Å².